The number of para-hydroxylation sites is 1. The number of hydrogen-bond acceptors (Lipinski definition) is 5. The molecule has 162 valence electrons. The second-order valence-corrected chi connectivity index (χ2v) is 9.06. The molecule has 1 amide bonds. The van der Waals surface area contributed by atoms with Gasteiger partial charge < -0.3 is 4.74 Å². The number of halogens is 2. The third-order valence-electron chi connectivity index (χ3n) is 5.13. The van der Waals surface area contributed by atoms with E-state index >= 15 is 0 Å². The molecule has 5 nitrogen and oxygen atoms in total. The van der Waals surface area contributed by atoms with E-state index in [0.717, 1.165) is 55.0 Å². The van der Waals surface area contributed by atoms with Gasteiger partial charge in [0.1, 0.15) is 5.52 Å². The Morgan fingerprint density at radius 1 is 1.13 bits per heavy atom. The van der Waals surface area contributed by atoms with Gasteiger partial charge in [0.2, 0.25) is 0 Å². The van der Waals surface area contributed by atoms with Gasteiger partial charge in [-0.05, 0) is 36.3 Å². The summed E-state index contributed by atoms with van der Waals surface area (Å²) in [4.78, 5) is 21.9. The average Bonchev–Trinajstić information content (AvgIpc) is 3.22. The average molecular weight is 476 g/mol. The van der Waals surface area contributed by atoms with Crippen LogP contribution in [-0.2, 0) is 9.53 Å². The van der Waals surface area contributed by atoms with Crippen molar-refractivity contribution in [2.24, 2.45) is 0 Å². The minimum absolute atomic E-state index is 0.128. The number of fused-ring (bicyclic) bond motifs is 1. The first-order chi connectivity index (χ1) is 15.1. The fraction of sp³-hybridized carbons (Fsp3) is 0.304. The number of carbonyl (C=O) groups is 1. The molecule has 0 aliphatic carbocycles. The molecule has 3 aromatic rings. The Morgan fingerprint density at radius 3 is 2.68 bits per heavy atom. The molecule has 0 unspecified atom stereocenters. The molecule has 8 heteroatoms. The van der Waals surface area contributed by atoms with Crippen molar-refractivity contribution in [2.45, 2.75) is 6.42 Å². The maximum atomic E-state index is 13.2. The molecule has 1 aliphatic rings. The summed E-state index contributed by atoms with van der Waals surface area (Å²) in [6.07, 6.45) is 4.15. The number of rotatable bonds is 7. The van der Waals surface area contributed by atoms with Gasteiger partial charge in [0.25, 0.3) is 5.91 Å². The number of nitrogens with zero attached hydrogens (tertiary/aromatic N) is 3. The van der Waals surface area contributed by atoms with E-state index < -0.39 is 0 Å². The van der Waals surface area contributed by atoms with Crippen LogP contribution in [0.5, 0.6) is 0 Å². The van der Waals surface area contributed by atoms with Crippen LogP contribution >= 0.6 is 34.5 Å². The van der Waals surface area contributed by atoms with Crippen molar-refractivity contribution in [2.75, 3.05) is 44.3 Å². The van der Waals surface area contributed by atoms with E-state index in [4.69, 9.17) is 27.9 Å². The number of carbonyl (C=O) groups excluding carboxylic acids is 1. The molecule has 1 fully saturated rings. The predicted molar refractivity (Wildman–Crippen MR) is 129 cm³/mol. The van der Waals surface area contributed by atoms with Crippen LogP contribution in [0.15, 0.2) is 48.5 Å². The summed E-state index contributed by atoms with van der Waals surface area (Å²) in [5.74, 6) is -0.128. The maximum Gasteiger partial charge on any atom is 0.252 e. The lowest BCUT2D eigenvalue weighted by molar-refractivity contribution is -0.114. The van der Waals surface area contributed by atoms with Gasteiger partial charge in [-0.15, -0.1) is 0 Å². The Morgan fingerprint density at radius 2 is 1.90 bits per heavy atom. The van der Waals surface area contributed by atoms with Crippen molar-refractivity contribution >= 4 is 61.9 Å². The molecule has 1 saturated heterocycles. The topological polar surface area (TPSA) is 45.7 Å². The van der Waals surface area contributed by atoms with Crippen LogP contribution in [-0.4, -0.2) is 55.2 Å². The summed E-state index contributed by atoms with van der Waals surface area (Å²) in [5, 5.41) is 1.85. The maximum absolute atomic E-state index is 13.2. The molecule has 0 atom stereocenters. The van der Waals surface area contributed by atoms with Gasteiger partial charge >= 0.3 is 0 Å². The van der Waals surface area contributed by atoms with Crippen molar-refractivity contribution in [3.05, 3.63) is 64.1 Å². The fourth-order valence-corrected chi connectivity index (χ4v) is 4.95. The zero-order chi connectivity index (χ0) is 21.6. The van der Waals surface area contributed by atoms with E-state index in [1.807, 2.05) is 36.4 Å². The molecular weight excluding hydrogens is 453 g/mol. The second-order valence-electron chi connectivity index (χ2n) is 7.24. The standard InChI is InChI=1S/C23H23Cl2N3O2S/c24-18-6-2-1-5-17(18)9-10-21(29)28(12-4-11-27-13-15-30-16-14-27)23-26-22-19(25)7-3-8-20(22)31-23/h1-3,5-10H,4,11-16H2/b10-9+. The highest BCUT2D eigenvalue weighted by Crippen LogP contribution is 2.33. The van der Waals surface area contributed by atoms with Crippen LogP contribution in [0.1, 0.15) is 12.0 Å². The highest BCUT2D eigenvalue weighted by Gasteiger charge is 2.19. The summed E-state index contributed by atoms with van der Waals surface area (Å²) in [7, 11) is 0. The summed E-state index contributed by atoms with van der Waals surface area (Å²) in [6, 6.07) is 13.1. The van der Waals surface area contributed by atoms with Crippen LogP contribution < -0.4 is 4.90 Å². The molecule has 0 saturated carbocycles. The number of hydrogen-bond donors (Lipinski definition) is 0. The fourth-order valence-electron chi connectivity index (χ4n) is 3.46. The number of benzene rings is 2. The normalized spacial score (nSPS) is 15.0. The van der Waals surface area contributed by atoms with E-state index in [-0.39, 0.29) is 5.91 Å². The molecule has 2 aromatic carbocycles. The Kier molecular flexibility index (Phi) is 7.58. The van der Waals surface area contributed by atoms with Crippen molar-refractivity contribution in [1.29, 1.82) is 0 Å². The van der Waals surface area contributed by atoms with Crippen molar-refractivity contribution < 1.29 is 9.53 Å². The molecule has 4 rings (SSSR count). The largest absolute Gasteiger partial charge is 0.379 e. The van der Waals surface area contributed by atoms with Gasteiger partial charge in [-0.3, -0.25) is 14.6 Å². The van der Waals surface area contributed by atoms with E-state index in [9.17, 15) is 4.79 Å². The highest BCUT2D eigenvalue weighted by molar-refractivity contribution is 7.22. The molecule has 31 heavy (non-hydrogen) atoms. The van der Waals surface area contributed by atoms with Gasteiger partial charge in [0.15, 0.2) is 5.13 Å². The number of thiazole rings is 1. The minimum atomic E-state index is -0.128. The Bertz CT molecular complexity index is 1080. The van der Waals surface area contributed by atoms with Crippen LogP contribution in [0, 0.1) is 0 Å². The second kappa shape index (κ2) is 10.6. The Labute approximate surface area is 195 Å². The summed E-state index contributed by atoms with van der Waals surface area (Å²) < 4.78 is 6.38. The number of anilines is 1. The molecule has 1 aromatic heterocycles. The third kappa shape index (κ3) is 5.64. The monoisotopic (exact) mass is 475 g/mol. The van der Waals surface area contributed by atoms with E-state index in [0.29, 0.717) is 21.7 Å². The van der Waals surface area contributed by atoms with Crippen molar-refractivity contribution in [1.82, 2.24) is 9.88 Å². The summed E-state index contributed by atoms with van der Waals surface area (Å²) >= 11 is 14.0. The van der Waals surface area contributed by atoms with Crippen LogP contribution in [0.4, 0.5) is 5.13 Å². The van der Waals surface area contributed by atoms with Crippen molar-refractivity contribution in [3.8, 4) is 0 Å². The van der Waals surface area contributed by atoms with E-state index in [1.54, 1.807) is 23.1 Å². The summed E-state index contributed by atoms with van der Waals surface area (Å²) in [5.41, 5.74) is 1.53. The first-order valence-electron chi connectivity index (χ1n) is 10.2. The number of morpholine rings is 1. The van der Waals surface area contributed by atoms with Crippen LogP contribution in [0.2, 0.25) is 10.0 Å². The number of ether oxygens (including phenoxy) is 1. The first kappa shape index (κ1) is 22.2. The minimum Gasteiger partial charge on any atom is -0.379 e. The molecule has 1 aliphatic heterocycles. The highest BCUT2D eigenvalue weighted by atomic mass is 35.5. The third-order valence-corrected chi connectivity index (χ3v) is 6.82. The van der Waals surface area contributed by atoms with Crippen LogP contribution in [0.3, 0.4) is 0 Å². The number of aromatic nitrogens is 1. The summed E-state index contributed by atoms with van der Waals surface area (Å²) in [6.45, 7) is 4.86. The van der Waals surface area contributed by atoms with Gasteiger partial charge in [0.05, 0.1) is 22.9 Å². The Hall–Kier alpha value is -1.96. The lowest BCUT2D eigenvalue weighted by atomic mass is 10.2. The van der Waals surface area contributed by atoms with Gasteiger partial charge in [-0.1, -0.05) is 58.8 Å². The Balaban J connectivity index is 1.54. The van der Waals surface area contributed by atoms with E-state index in [1.165, 1.54) is 11.3 Å². The van der Waals surface area contributed by atoms with E-state index in [2.05, 4.69) is 9.88 Å². The molecule has 2 heterocycles. The molecule has 0 radical (unpaired) electrons. The lowest BCUT2D eigenvalue weighted by Crippen LogP contribution is -2.39. The molecule has 0 N–H and O–H groups in total. The van der Waals surface area contributed by atoms with Gasteiger partial charge in [0, 0.05) is 37.3 Å². The smallest absolute Gasteiger partial charge is 0.252 e. The lowest BCUT2D eigenvalue weighted by Gasteiger charge is -2.27. The number of amides is 1. The predicted octanol–water partition coefficient (Wildman–Crippen LogP) is 5.37. The van der Waals surface area contributed by atoms with Crippen molar-refractivity contribution in [3.63, 3.8) is 0 Å². The van der Waals surface area contributed by atoms with Crippen LogP contribution in [0.25, 0.3) is 16.3 Å². The van der Waals surface area contributed by atoms with Gasteiger partial charge in [-0.2, -0.15) is 0 Å². The zero-order valence-corrected chi connectivity index (χ0v) is 19.3. The zero-order valence-electron chi connectivity index (χ0n) is 17.0. The van der Waals surface area contributed by atoms with Gasteiger partial charge in [-0.25, -0.2) is 4.98 Å². The molecule has 0 spiro atoms. The SMILES string of the molecule is O=C(/C=C/c1ccccc1Cl)N(CCCN1CCOCC1)c1nc2c(Cl)cccc2s1. The quantitative estimate of drug-likeness (QED) is 0.430. The molecular formula is C23H23Cl2N3O2S. The first-order valence-corrected chi connectivity index (χ1v) is 11.8. The molecule has 0 bridgehead atoms.